The van der Waals surface area contributed by atoms with Gasteiger partial charge >= 0.3 is 0 Å². The Balaban J connectivity index is 2.08. The first-order valence-electron chi connectivity index (χ1n) is 6.92. The smallest absolute Gasteiger partial charge is 0.270 e. The third-order valence-electron chi connectivity index (χ3n) is 3.38. The largest absolute Gasteiger partial charge is 0.336 e. The van der Waals surface area contributed by atoms with E-state index in [1.165, 1.54) is 12.5 Å². The minimum Gasteiger partial charge on any atom is -0.336 e. The molecule has 1 aromatic heterocycles. The van der Waals surface area contributed by atoms with Gasteiger partial charge in [0.1, 0.15) is 5.69 Å². The van der Waals surface area contributed by atoms with E-state index in [-0.39, 0.29) is 11.5 Å². The van der Waals surface area contributed by atoms with E-state index in [2.05, 4.69) is 17.2 Å². The summed E-state index contributed by atoms with van der Waals surface area (Å²) in [5.74, 6) is -0.0896. The first-order valence-corrected chi connectivity index (χ1v) is 6.92. The monoisotopic (exact) mass is 263 g/mol. The molecule has 1 unspecified atom stereocenters. The van der Waals surface area contributed by atoms with Gasteiger partial charge in [-0.1, -0.05) is 13.0 Å². The highest BCUT2D eigenvalue weighted by molar-refractivity contribution is 5.92. The maximum atomic E-state index is 12.4. The van der Waals surface area contributed by atoms with Crippen LogP contribution in [0.25, 0.3) is 0 Å². The maximum absolute atomic E-state index is 12.4. The number of rotatable bonds is 5. The van der Waals surface area contributed by atoms with Crippen molar-refractivity contribution in [3.63, 3.8) is 0 Å². The summed E-state index contributed by atoms with van der Waals surface area (Å²) in [5, 5.41) is 3.40. The van der Waals surface area contributed by atoms with Gasteiger partial charge in [-0.25, -0.2) is 0 Å². The van der Waals surface area contributed by atoms with Crippen molar-refractivity contribution in [3.05, 3.63) is 34.2 Å². The van der Waals surface area contributed by atoms with E-state index in [0.717, 1.165) is 19.4 Å². The molecule has 1 saturated heterocycles. The summed E-state index contributed by atoms with van der Waals surface area (Å²) in [4.78, 5) is 28.1. The summed E-state index contributed by atoms with van der Waals surface area (Å²) < 4.78 is 0. The van der Waals surface area contributed by atoms with Crippen molar-refractivity contribution in [2.75, 3.05) is 19.6 Å². The van der Waals surface area contributed by atoms with E-state index in [0.29, 0.717) is 24.8 Å². The fourth-order valence-corrected chi connectivity index (χ4v) is 2.47. The SMILES string of the molecule is CCCN(CC1CCCN1)C(=O)c1cccc(=O)[nH]1. The third-order valence-corrected chi connectivity index (χ3v) is 3.38. The molecule has 1 aliphatic heterocycles. The van der Waals surface area contributed by atoms with Crippen molar-refractivity contribution in [2.24, 2.45) is 0 Å². The molecule has 0 saturated carbocycles. The van der Waals surface area contributed by atoms with E-state index >= 15 is 0 Å². The van der Waals surface area contributed by atoms with Gasteiger partial charge in [-0.05, 0) is 31.9 Å². The van der Waals surface area contributed by atoms with E-state index in [1.807, 2.05) is 4.90 Å². The molecule has 0 spiro atoms. The third kappa shape index (κ3) is 3.67. The Hall–Kier alpha value is -1.62. The number of nitrogens with one attached hydrogen (secondary N) is 2. The molecule has 2 heterocycles. The molecule has 2 rings (SSSR count). The highest BCUT2D eigenvalue weighted by Crippen LogP contribution is 2.09. The van der Waals surface area contributed by atoms with Crippen LogP contribution < -0.4 is 10.9 Å². The lowest BCUT2D eigenvalue weighted by Crippen LogP contribution is -2.42. The van der Waals surface area contributed by atoms with Gasteiger partial charge in [0.25, 0.3) is 5.91 Å². The second-order valence-corrected chi connectivity index (χ2v) is 4.97. The molecule has 104 valence electrons. The van der Waals surface area contributed by atoms with Crippen molar-refractivity contribution < 1.29 is 4.79 Å². The molecule has 0 aliphatic carbocycles. The molecule has 0 aromatic carbocycles. The average molecular weight is 263 g/mol. The molecule has 19 heavy (non-hydrogen) atoms. The summed E-state index contributed by atoms with van der Waals surface area (Å²) in [7, 11) is 0. The predicted molar refractivity (Wildman–Crippen MR) is 74.3 cm³/mol. The number of nitrogens with zero attached hydrogens (tertiary/aromatic N) is 1. The Labute approximate surface area is 113 Å². The second-order valence-electron chi connectivity index (χ2n) is 4.97. The van der Waals surface area contributed by atoms with Gasteiger partial charge in [0.15, 0.2) is 0 Å². The highest BCUT2D eigenvalue weighted by Gasteiger charge is 2.22. The minimum atomic E-state index is -0.235. The van der Waals surface area contributed by atoms with Crippen molar-refractivity contribution in [1.29, 1.82) is 0 Å². The van der Waals surface area contributed by atoms with Crippen LogP contribution in [0.1, 0.15) is 36.7 Å². The fourth-order valence-electron chi connectivity index (χ4n) is 2.47. The molecular formula is C14H21N3O2. The van der Waals surface area contributed by atoms with Crippen LogP contribution in [0.4, 0.5) is 0 Å². The molecule has 1 atom stereocenters. The van der Waals surface area contributed by atoms with Crippen LogP contribution in [0, 0.1) is 0 Å². The zero-order valence-corrected chi connectivity index (χ0v) is 11.3. The molecular weight excluding hydrogens is 242 g/mol. The summed E-state index contributed by atoms with van der Waals surface area (Å²) in [6.45, 7) is 4.51. The molecule has 0 bridgehead atoms. The van der Waals surface area contributed by atoms with Crippen LogP contribution in [0.3, 0.4) is 0 Å². The molecule has 1 aliphatic rings. The van der Waals surface area contributed by atoms with E-state index < -0.39 is 0 Å². The number of carbonyl (C=O) groups excluding carboxylic acids is 1. The van der Waals surface area contributed by atoms with Crippen LogP contribution in [-0.4, -0.2) is 41.5 Å². The van der Waals surface area contributed by atoms with Crippen LogP contribution in [0.15, 0.2) is 23.0 Å². The van der Waals surface area contributed by atoms with Gasteiger partial charge in [0.05, 0.1) is 0 Å². The number of H-pyrrole nitrogens is 1. The number of carbonyl (C=O) groups is 1. The van der Waals surface area contributed by atoms with E-state index in [1.54, 1.807) is 12.1 Å². The number of pyridine rings is 1. The van der Waals surface area contributed by atoms with Crippen molar-refractivity contribution in [2.45, 2.75) is 32.2 Å². The predicted octanol–water partition coefficient (Wildman–Crippen LogP) is 0.979. The molecule has 1 fully saturated rings. The highest BCUT2D eigenvalue weighted by atomic mass is 16.2. The van der Waals surface area contributed by atoms with Crippen molar-refractivity contribution >= 4 is 5.91 Å². The molecule has 2 N–H and O–H groups in total. The zero-order chi connectivity index (χ0) is 13.7. The lowest BCUT2D eigenvalue weighted by atomic mass is 10.2. The maximum Gasteiger partial charge on any atom is 0.270 e. The second kappa shape index (κ2) is 6.52. The number of amides is 1. The van der Waals surface area contributed by atoms with Crippen LogP contribution in [0.5, 0.6) is 0 Å². The van der Waals surface area contributed by atoms with Gasteiger partial charge in [-0.3, -0.25) is 9.59 Å². The minimum absolute atomic E-state index is 0.0896. The first-order chi connectivity index (χ1) is 9.20. The molecule has 5 nitrogen and oxygen atoms in total. The Morgan fingerprint density at radius 2 is 2.32 bits per heavy atom. The fraction of sp³-hybridized carbons (Fsp3) is 0.571. The van der Waals surface area contributed by atoms with Crippen molar-refractivity contribution in [3.8, 4) is 0 Å². The molecule has 1 aromatic rings. The topological polar surface area (TPSA) is 65.2 Å². The Morgan fingerprint density at radius 3 is 2.95 bits per heavy atom. The Morgan fingerprint density at radius 1 is 1.47 bits per heavy atom. The summed E-state index contributed by atoms with van der Waals surface area (Å²) in [6, 6.07) is 5.07. The van der Waals surface area contributed by atoms with Gasteiger partial charge in [0.2, 0.25) is 5.56 Å². The normalized spacial score (nSPS) is 18.5. The van der Waals surface area contributed by atoms with Crippen LogP contribution in [0.2, 0.25) is 0 Å². The molecule has 0 radical (unpaired) electrons. The van der Waals surface area contributed by atoms with Crippen molar-refractivity contribution in [1.82, 2.24) is 15.2 Å². The first kappa shape index (κ1) is 13.8. The number of hydrogen-bond acceptors (Lipinski definition) is 3. The van der Waals surface area contributed by atoms with Gasteiger partial charge in [0, 0.05) is 25.2 Å². The number of aromatic nitrogens is 1. The lowest BCUT2D eigenvalue weighted by molar-refractivity contribution is 0.0735. The Kier molecular flexibility index (Phi) is 4.74. The van der Waals surface area contributed by atoms with E-state index in [4.69, 9.17) is 0 Å². The summed E-state index contributed by atoms with van der Waals surface area (Å²) in [6.07, 6.45) is 3.19. The Bertz CT molecular complexity index is 478. The van der Waals surface area contributed by atoms with Crippen LogP contribution >= 0.6 is 0 Å². The number of hydrogen-bond donors (Lipinski definition) is 2. The van der Waals surface area contributed by atoms with Gasteiger partial charge in [-0.2, -0.15) is 0 Å². The summed E-state index contributed by atoms with van der Waals surface area (Å²) >= 11 is 0. The van der Waals surface area contributed by atoms with Crippen LogP contribution in [-0.2, 0) is 0 Å². The summed E-state index contributed by atoms with van der Waals surface area (Å²) in [5.41, 5.74) is 0.139. The van der Waals surface area contributed by atoms with Gasteiger partial charge < -0.3 is 15.2 Å². The number of aromatic amines is 1. The van der Waals surface area contributed by atoms with E-state index in [9.17, 15) is 9.59 Å². The molecule has 1 amide bonds. The lowest BCUT2D eigenvalue weighted by Gasteiger charge is -2.25. The van der Waals surface area contributed by atoms with Gasteiger partial charge in [-0.15, -0.1) is 0 Å². The standard InChI is InChI=1S/C14H21N3O2/c1-2-9-17(10-11-5-4-8-15-11)14(19)12-6-3-7-13(18)16-12/h3,6-7,11,15H,2,4-5,8-10H2,1H3,(H,16,18). The molecule has 5 heteroatoms. The quantitative estimate of drug-likeness (QED) is 0.832. The zero-order valence-electron chi connectivity index (χ0n) is 11.3. The average Bonchev–Trinajstić information content (AvgIpc) is 2.90.